The number of aromatic amines is 1. The lowest BCUT2D eigenvalue weighted by molar-refractivity contribution is -0.158. The second-order valence-corrected chi connectivity index (χ2v) is 13.7. The molecule has 2 aliphatic heterocycles. The van der Waals surface area contributed by atoms with Gasteiger partial charge in [-0.2, -0.15) is 5.10 Å². The molecule has 4 amide bonds. The highest BCUT2D eigenvalue weighted by molar-refractivity contribution is 6.36. The predicted octanol–water partition coefficient (Wildman–Crippen LogP) is 4.90. The van der Waals surface area contributed by atoms with Crippen molar-refractivity contribution in [3.63, 3.8) is 0 Å². The van der Waals surface area contributed by atoms with E-state index in [4.69, 9.17) is 0 Å². The van der Waals surface area contributed by atoms with Crippen LogP contribution in [-0.4, -0.2) is 96.3 Å². The van der Waals surface area contributed by atoms with Crippen LogP contribution in [0.1, 0.15) is 77.8 Å². The topological polar surface area (TPSA) is 132 Å². The van der Waals surface area contributed by atoms with Gasteiger partial charge in [0.2, 0.25) is 0 Å². The van der Waals surface area contributed by atoms with Gasteiger partial charge >= 0.3 is 23.6 Å². The smallest absolute Gasteiger partial charge is 0.312 e. The first-order chi connectivity index (χ1) is 25.4. The Hall–Kier alpha value is -5.26. The summed E-state index contributed by atoms with van der Waals surface area (Å²) in [5.74, 6) is -1.53. The zero-order valence-electron chi connectivity index (χ0n) is 30.2. The van der Waals surface area contributed by atoms with Crippen LogP contribution in [0.4, 0.5) is 0 Å². The first kappa shape index (κ1) is 36.5. The number of carbonyl (C=O) groups is 4. The van der Waals surface area contributed by atoms with Crippen molar-refractivity contribution in [2.75, 3.05) is 26.2 Å². The number of piperazine rings is 2. The van der Waals surface area contributed by atoms with Gasteiger partial charge < -0.3 is 24.6 Å². The average molecular weight is 710 g/mol. The van der Waals surface area contributed by atoms with Crippen LogP contribution in [0.25, 0.3) is 16.5 Å². The molecule has 52 heavy (non-hydrogen) atoms. The molecule has 12 heteroatoms. The fourth-order valence-corrected chi connectivity index (χ4v) is 7.74. The number of aromatic nitrogens is 3. The molecule has 0 radical (unpaired) electrons. The Labute approximate surface area is 305 Å². The summed E-state index contributed by atoms with van der Waals surface area (Å²) < 4.78 is 1.79. The fourth-order valence-electron chi connectivity index (χ4n) is 7.74. The van der Waals surface area contributed by atoms with E-state index in [2.05, 4.69) is 10.1 Å². The Morgan fingerprint density at radius 2 is 1.23 bits per heavy atom. The molecule has 2 aromatic carbocycles. The SMILES string of the molecule is CC.O=C1C(=O)N(C2CCCC2)CCN1Cc1ccc2cc[nH]c(=O)c2c1.O=C1C(=O)N(C2CCCC2)CCN1Cc1cnn(-c2ccccc2)c1.[HH]. The van der Waals surface area contributed by atoms with Crippen molar-refractivity contribution in [1.82, 2.24) is 34.4 Å². The molecule has 4 aromatic rings. The predicted molar refractivity (Wildman–Crippen MR) is 200 cm³/mol. The summed E-state index contributed by atoms with van der Waals surface area (Å²) in [5, 5.41) is 5.82. The number of hydrogen-bond acceptors (Lipinski definition) is 6. The second-order valence-electron chi connectivity index (χ2n) is 13.7. The number of amides is 4. The van der Waals surface area contributed by atoms with Gasteiger partial charge in [0.1, 0.15) is 0 Å². The third-order valence-electron chi connectivity index (χ3n) is 10.5. The van der Waals surface area contributed by atoms with Crippen molar-refractivity contribution in [1.29, 1.82) is 0 Å². The summed E-state index contributed by atoms with van der Waals surface area (Å²) in [4.78, 5) is 71.3. The molecule has 2 saturated heterocycles. The Kier molecular flexibility index (Phi) is 11.8. The normalized spacial score (nSPS) is 18.5. The van der Waals surface area contributed by atoms with E-state index in [0.29, 0.717) is 44.7 Å². The van der Waals surface area contributed by atoms with E-state index in [1.54, 1.807) is 42.7 Å². The van der Waals surface area contributed by atoms with Gasteiger partial charge in [-0.25, -0.2) is 4.68 Å². The number of hydrogen-bond donors (Lipinski definition) is 1. The second kappa shape index (κ2) is 16.8. The maximum Gasteiger partial charge on any atom is 0.312 e. The number of carbonyl (C=O) groups excluding carboxylic acids is 4. The van der Waals surface area contributed by atoms with Gasteiger partial charge in [-0.05, 0) is 60.9 Å². The molecule has 2 aliphatic carbocycles. The minimum atomic E-state index is -0.430. The third-order valence-corrected chi connectivity index (χ3v) is 10.5. The number of nitrogens with one attached hydrogen (secondary N) is 1. The van der Waals surface area contributed by atoms with E-state index in [-0.39, 0.29) is 36.8 Å². The molecule has 4 aliphatic rings. The molecule has 0 spiro atoms. The van der Waals surface area contributed by atoms with Crippen molar-refractivity contribution >= 4 is 34.4 Å². The van der Waals surface area contributed by atoms with Crippen molar-refractivity contribution in [3.05, 3.63) is 94.7 Å². The van der Waals surface area contributed by atoms with Gasteiger partial charge in [-0.3, -0.25) is 24.0 Å². The summed E-state index contributed by atoms with van der Waals surface area (Å²) in [6, 6.07) is 17.8. The number of H-pyrrole nitrogens is 1. The molecule has 8 rings (SSSR count). The molecule has 4 heterocycles. The Morgan fingerprint density at radius 3 is 1.81 bits per heavy atom. The molecule has 12 nitrogen and oxygen atoms in total. The molecule has 276 valence electrons. The molecule has 2 saturated carbocycles. The van der Waals surface area contributed by atoms with Crippen molar-refractivity contribution < 1.29 is 20.6 Å². The summed E-state index contributed by atoms with van der Waals surface area (Å²) in [7, 11) is 0. The Morgan fingerprint density at radius 1 is 0.673 bits per heavy atom. The van der Waals surface area contributed by atoms with E-state index < -0.39 is 5.91 Å². The third kappa shape index (κ3) is 8.11. The quantitative estimate of drug-likeness (QED) is 0.272. The summed E-state index contributed by atoms with van der Waals surface area (Å²) >= 11 is 0. The molecule has 4 fully saturated rings. The van der Waals surface area contributed by atoms with E-state index in [1.165, 1.54) is 0 Å². The number of fused-ring (bicyclic) bond motifs is 1. The first-order valence-corrected chi connectivity index (χ1v) is 18.7. The lowest BCUT2D eigenvalue weighted by Crippen LogP contribution is -2.56. The highest BCUT2D eigenvalue weighted by Gasteiger charge is 2.38. The largest absolute Gasteiger partial charge is 0.330 e. The summed E-state index contributed by atoms with van der Waals surface area (Å²) in [5.41, 5.74) is 2.62. The molecule has 1 N–H and O–H groups in total. The van der Waals surface area contributed by atoms with E-state index in [0.717, 1.165) is 73.6 Å². The van der Waals surface area contributed by atoms with Crippen LogP contribution in [0.15, 0.2) is 78.0 Å². The van der Waals surface area contributed by atoms with E-state index in [1.807, 2.05) is 68.6 Å². The average Bonchev–Trinajstić information content (AvgIpc) is 3.99. The van der Waals surface area contributed by atoms with Gasteiger partial charge in [0.15, 0.2) is 0 Å². The molecule has 0 unspecified atom stereocenters. The standard InChI is InChI=1S/C19H22N4O2.C19H21N3O3.C2H6.H2/c24-18-19(25)22(16-6-4-5-7-16)11-10-21(18)13-15-12-20-23(14-15)17-8-2-1-3-9-17;23-17-16-11-13(5-6-14(16)7-8-20-17)12-21-9-10-22(19(25)18(21)24)15-3-1-2-4-15;1-2;/h1-3,8-9,12,14,16H,4-7,10-11,13H2;5-8,11,15H,1-4,9-10,12H2,(H,20,23);1-2H3;1H. The maximum absolute atomic E-state index is 12.5. The van der Waals surface area contributed by atoms with Crippen LogP contribution < -0.4 is 5.56 Å². The van der Waals surface area contributed by atoms with Crippen molar-refractivity contribution in [3.8, 4) is 5.69 Å². The molecular weight excluding hydrogens is 658 g/mol. The van der Waals surface area contributed by atoms with Crippen LogP contribution in [-0.2, 0) is 32.3 Å². The Balaban J connectivity index is 0.000000192. The number of benzene rings is 2. The molecular formula is C40H51N7O5. The van der Waals surface area contributed by atoms with Gasteiger partial charge in [-0.1, -0.05) is 69.9 Å². The Bertz CT molecular complexity index is 1930. The van der Waals surface area contributed by atoms with Crippen LogP contribution in [0.2, 0.25) is 0 Å². The zero-order chi connectivity index (χ0) is 36.6. The van der Waals surface area contributed by atoms with Crippen LogP contribution in [0.5, 0.6) is 0 Å². The van der Waals surface area contributed by atoms with Crippen LogP contribution in [0, 0.1) is 0 Å². The van der Waals surface area contributed by atoms with Crippen LogP contribution >= 0.6 is 0 Å². The van der Waals surface area contributed by atoms with Crippen molar-refractivity contribution in [2.45, 2.75) is 90.4 Å². The maximum atomic E-state index is 12.5. The van der Waals surface area contributed by atoms with Gasteiger partial charge in [0, 0.05) is 76.1 Å². The van der Waals surface area contributed by atoms with Crippen molar-refractivity contribution in [2.24, 2.45) is 0 Å². The number of para-hydroxylation sites is 1. The van der Waals surface area contributed by atoms with Gasteiger partial charge in [-0.15, -0.1) is 0 Å². The zero-order valence-corrected chi connectivity index (χ0v) is 30.2. The highest BCUT2D eigenvalue weighted by atomic mass is 16.2. The number of pyridine rings is 1. The lowest BCUT2D eigenvalue weighted by Gasteiger charge is -2.37. The van der Waals surface area contributed by atoms with E-state index in [9.17, 15) is 24.0 Å². The molecule has 2 aromatic heterocycles. The minimum absolute atomic E-state index is 0. The van der Waals surface area contributed by atoms with Gasteiger partial charge in [0.05, 0.1) is 11.9 Å². The van der Waals surface area contributed by atoms with E-state index >= 15 is 0 Å². The lowest BCUT2D eigenvalue weighted by atomic mass is 10.1. The number of rotatable bonds is 7. The van der Waals surface area contributed by atoms with Crippen LogP contribution in [0.3, 0.4) is 0 Å². The molecule has 0 atom stereocenters. The summed E-state index contributed by atoms with van der Waals surface area (Å²) in [6.45, 7) is 7.16. The van der Waals surface area contributed by atoms with Gasteiger partial charge in [0.25, 0.3) is 5.56 Å². The highest BCUT2D eigenvalue weighted by Crippen LogP contribution is 2.27. The first-order valence-electron chi connectivity index (χ1n) is 18.7. The summed E-state index contributed by atoms with van der Waals surface area (Å²) in [6.07, 6.45) is 14.0. The monoisotopic (exact) mass is 709 g/mol. The minimum Gasteiger partial charge on any atom is -0.330 e. The fraction of sp³-hybridized carbons (Fsp3) is 0.450. The molecule has 0 bridgehead atoms. The number of nitrogens with zero attached hydrogens (tertiary/aromatic N) is 6.